The van der Waals surface area contributed by atoms with Gasteiger partial charge >= 0.3 is 12.4 Å². The Morgan fingerprint density at radius 3 is 2.23 bits per heavy atom. The number of nitrogens with zero attached hydrogens (tertiary/aromatic N) is 2. The van der Waals surface area contributed by atoms with E-state index in [0.717, 1.165) is 52.8 Å². The van der Waals surface area contributed by atoms with Crippen LogP contribution in [-0.4, -0.2) is 55.8 Å². The Morgan fingerprint density at radius 1 is 1.07 bits per heavy atom. The molecular formula is C25H25F7N4O3S. The molecule has 40 heavy (non-hydrogen) atoms. The predicted molar refractivity (Wildman–Crippen MR) is 132 cm³/mol. The van der Waals surface area contributed by atoms with Crippen LogP contribution in [0.3, 0.4) is 0 Å². The standard InChI is InChI=1S/C25H25F7N4O3S/c1-16(21-33-14-23(2,35-21)22(37)34-15-24(27,28)29)11-12-36(40(38,39)20-9-7-19(26)8-10-20)13-17-3-5-18(6-4-17)25(30,31)32/h3-10H,1,11-15H2,2H3,(H,33,35)(H,34,37)/t23-/m1/s1. The average Bonchev–Trinajstić information content (AvgIpc) is 3.27. The van der Waals surface area contributed by atoms with Crippen molar-refractivity contribution in [1.82, 2.24) is 14.9 Å². The molecule has 0 aliphatic carbocycles. The fourth-order valence-electron chi connectivity index (χ4n) is 3.70. The van der Waals surface area contributed by atoms with Crippen LogP contribution in [0.1, 0.15) is 24.5 Å². The third-order valence-corrected chi connectivity index (χ3v) is 7.85. The van der Waals surface area contributed by atoms with Crippen molar-refractivity contribution in [1.29, 1.82) is 0 Å². The highest BCUT2D eigenvalue weighted by Crippen LogP contribution is 2.30. The zero-order valence-electron chi connectivity index (χ0n) is 21.0. The molecule has 0 unspecified atom stereocenters. The molecule has 0 spiro atoms. The third kappa shape index (κ3) is 7.81. The Morgan fingerprint density at radius 2 is 1.68 bits per heavy atom. The number of carbonyl (C=O) groups excluding carboxylic acids is 1. The number of aliphatic imine (C=N–C) groups is 1. The first-order chi connectivity index (χ1) is 18.4. The summed E-state index contributed by atoms with van der Waals surface area (Å²) in [5.41, 5.74) is -1.93. The van der Waals surface area contributed by atoms with Gasteiger partial charge in [0.15, 0.2) is 0 Å². The van der Waals surface area contributed by atoms with E-state index in [9.17, 15) is 43.9 Å². The minimum Gasteiger partial charge on any atom is -0.355 e. The first-order valence-electron chi connectivity index (χ1n) is 11.7. The van der Waals surface area contributed by atoms with E-state index in [1.54, 1.807) is 5.32 Å². The fourth-order valence-corrected chi connectivity index (χ4v) is 5.13. The average molecular weight is 595 g/mol. The van der Waals surface area contributed by atoms with E-state index in [1.165, 1.54) is 6.92 Å². The van der Waals surface area contributed by atoms with Crippen LogP contribution in [0.5, 0.6) is 0 Å². The van der Waals surface area contributed by atoms with Crippen molar-refractivity contribution in [2.75, 3.05) is 19.6 Å². The molecule has 1 heterocycles. The van der Waals surface area contributed by atoms with E-state index in [2.05, 4.69) is 16.9 Å². The van der Waals surface area contributed by atoms with Crippen LogP contribution in [0.25, 0.3) is 0 Å². The maximum Gasteiger partial charge on any atom is 0.416 e. The minimum atomic E-state index is -4.61. The summed E-state index contributed by atoms with van der Waals surface area (Å²) in [4.78, 5) is 16.2. The molecule has 0 saturated heterocycles. The highest BCUT2D eigenvalue weighted by molar-refractivity contribution is 7.89. The number of hydrogen-bond acceptors (Lipinski definition) is 5. The summed E-state index contributed by atoms with van der Waals surface area (Å²) in [5, 5.41) is 4.51. The van der Waals surface area contributed by atoms with Crippen molar-refractivity contribution >= 4 is 21.8 Å². The molecule has 15 heteroatoms. The molecule has 1 aliphatic heterocycles. The third-order valence-electron chi connectivity index (χ3n) is 5.99. The van der Waals surface area contributed by atoms with Gasteiger partial charge in [0, 0.05) is 13.1 Å². The Bertz CT molecular complexity index is 1370. The largest absolute Gasteiger partial charge is 0.416 e. The predicted octanol–water partition coefficient (Wildman–Crippen LogP) is 4.42. The van der Waals surface area contributed by atoms with Gasteiger partial charge in [0.2, 0.25) is 15.9 Å². The second kappa shape index (κ2) is 11.6. The van der Waals surface area contributed by atoms with Crippen LogP contribution >= 0.6 is 0 Å². The molecule has 1 aliphatic rings. The lowest BCUT2D eigenvalue weighted by atomic mass is 10.0. The van der Waals surface area contributed by atoms with Gasteiger partial charge in [0.1, 0.15) is 23.7 Å². The van der Waals surface area contributed by atoms with E-state index in [4.69, 9.17) is 0 Å². The van der Waals surface area contributed by atoms with Crippen LogP contribution in [0.15, 0.2) is 70.6 Å². The number of amides is 1. The van der Waals surface area contributed by atoms with Crippen molar-refractivity contribution in [2.45, 2.75) is 42.7 Å². The lowest BCUT2D eigenvalue weighted by molar-refractivity contribution is -0.141. The zero-order chi connectivity index (χ0) is 29.9. The topological polar surface area (TPSA) is 90.9 Å². The van der Waals surface area contributed by atoms with Gasteiger partial charge in [-0.05, 0) is 60.9 Å². The molecule has 0 aromatic heterocycles. The smallest absolute Gasteiger partial charge is 0.355 e. The lowest BCUT2D eigenvalue weighted by Crippen LogP contribution is -2.56. The molecule has 0 bridgehead atoms. The van der Waals surface area contributed by atoms with E-state index in [0.29, 0.717) is 0 Å². The van der Waals surface area contributed by atoms with Gasteiger partial charge in [-0.15, -0.1) is 0 Å². The van der Waals surface area contributed by atoms with E-state index in [-0.39, 0.29) is 47.9 Å². The Kier molecular flexibility index (Phi) is 8.99. The monoisotopic (exact) mass is 594 g/mol. The van der Waals surface area contributed by atoms with Gasteiger partial charge < -0.3 is 10.6 Å². The number of rotatable bonds is 10. The fraction of sp³-hybridized carbons (Fsp3) is 0.360. The summed E-state index contributed by atoms with van der Waals surface area (Å²) < 4.78 is 117. The number of halogens is 7. The lowest BCUT2D eigenvalue weighted by Gasteiger charge is -2.25. The van der Waals surface area contributed by atoms with E-state index >= 15 is 0 Å². The normalized spacial score (nSPS) is 17.9. The number of benzene rings is 2. The Labute approximate surface area is 225 Å². The molecule has 0 saturated carbocycles. The SMILES string of the molecule is C=C(CCN(Cc1ccc(C(F)(F)F)cc1)S(=O)(=O)c1ccc(F)cc1)C1=NC[C@](C)(C(=O)NCC(F)(F)F)N1. The second-order valence-corrected chi connectivity index (χ2v) is 11.2. The Balaban J connectivity index is 1.75. The summed E-state index contributed by atoms with van der Waals surface area (Å²) in [5.74, 6) is -1.52. The molecule has 0 fully saturated rings. The number of amidine groups is 1. The maximum atomic E-state index is 13.4. The number of carbonyl (C=O) groups is 1. The van der Waals surface area contributed by atoms with Crippen LogP contribution in [0.4, 0.5) is 30.7 Å². The zero-order valence-corrected chi connectivity index (χ0v) is 21.9. The molecule has 2 N–H and O–H groups in total. The summed E-state index contributed by atoms with van der Waals surface area (Å²) in [6, 6.07) is 7.90. The van der Waals surface area contributed by atoms with E-state index < -0.39 is 51.7 Å². The van der Waals surface area contributed by atoms with Gasteiger partial charge in [-0.3, -0.25) is 9.79 Å². The Hall–Kier alpha value is -3.46. The summed E-state index contributed by atoms with van der Waals surface area (Å²) in [6.45, 7) is 2.88. The minimum absolute atomic E-state index is 0.0624. The van der Waals surface area contributed by atoms with Crippen molar-refractivity contribution in [2.24, 2.45) is 4.99 Å². The van der Waals surface area contributed by atoms with Gasteiger partial charge in [0.05, 0.1) is 17.0 Å². The highest BCUT2D eigenvalue weighted by Gasteiger charge is 2.40. The van der Waals surface area contributed by atoms with Gasteiger partial charge in [0.25, 0.3) is 0 Å². The van der Waals surface area contributed by atoms with Crippen LogP contribution in [-0.2, 0) is 27.5 Å². The van der Waals surface area contributed by atoms with Crippen molar-refractivity contribution in [3.8, 4) is 0 Å². The summed E-state index contributed by atoms with van der Waals surface area (Å²) in [6.07, 6.45) is -9.25. The first kappa shape index (κ1) is 31.1. The van der Waals surface area contributed by atoms with Crippen LogP contribution in [0.2, 0.25) is 0 Å². The molecule has 1 atom stereocenters. The molecule has 1 amide bonds. The van der Waals surface area contributed by atoms with Crippen LogP contribution in [0, 0.1) is 5.82 Å². The molecule has 0 radical (unpaired) electrons. The number of nitrogens with one attached hydrogen (secondary N) is 2. The van der Waals surface area contributed by atoms with Crippen LogP contribution < -0.4 is 10.6 Å². The van der Waals surface area contributed by atoms with E-state index in [1.807, 2.05) is 0 Å². The molecule has 2 aromatic carbocycles. The van der Waals surface area contributed by atoms with Crippen molar-refractivity contribution < 1.29 is 43.9 Å². The highest BCUT2D eigenvalue weighted by atomic mass is 32.2. The molecule has 7 nitrogen and oxygen atoms in total. The molecular weight excluding hydrogens is 569 g/mol. The maximum absolute atomic E-state index is 13.4. The summed E-state index contributed by atoms with van der Waals surface area (Å²) in [7, 11) is -4.26. The summed E-state index contributed by atoms with van der Waals surface area (Å²) >= 11 is 0. The molecule has 218 valence electrons. The molecule has 3 rings (SSSR count). The first-order valence-corrected chi connectivity index (χ1v) is 13.1. The number of sulfonamides is 1. The molecule has 2 aromatic rings. The number of alkyl halides is 6. The van der Waals surface area contributed by atoms with Gasteiger partial charge in [-0.2, -0.15) is 30.6 Å². The quantitative estimate of drug-likeness (QED) is 0.399. The van der Waals surface area contributed by atoms with Gasteiger partial charge in [-0.25, -0.2) is 12.8 Å². The van der Waals surface area contributed by atoms with Crippen molar-refractivity contribution in [3.63, 3.8) is 0 Å². The second-order valence-electron chi connectivity index (χ2n) is 9.26. The van der Waals surface area contributed by atoms with Crippen molar-refractivity contribution in [3.05, 3.63) is 77.6 Å². The van der Waals surface area contributed by atoms with Gasteiger partial charge in [-0.1, -0.05) is 18.7 Å². The number of hydrogen-bond donors (Lipinski definition) is 2.